The molecule has 11 heteroatoms. The van der Waals surface area contributed by atoms with Gasteiger partial charge in [-0.25, -0.2) is 18.1 Å². The van der Waals surface area contributed by atoms with E-state index in [0.29, 0.717) is 5.82 Å². The SMILES string of the molecule is Nc1nnc(S(=O)(=O)NCc2ncn[nH]2)s1. The van der Waals surface area contributed by atoms with Crippen LogP contribution in [0.15, 0.2) is 10.7 Å². The molecule has 0 aliphatic rings. The molecule has 16 heavy (non-hydrogen) atoms. The summed E-state index contributed by atoms with van der Waals surface area (Å²) in [5.74, 6) is 0.404. The van der Waals surface area contributed by atoms with Gasteiger partial charge >= 0.3 is 0 Å². The molecule has 0 amide bonds. The Balaban J connectivity index is 2.09. The van der Waals surface area contributed by atoms with Gasteiger partial charge in [0, 0.05) is 0 Å². The molecule has 0 radical (unpaired) electrons. The van der Waals surface area contributed by atoms with E-state index in [1.807, 2.05) is 0 Å². The molecule has 0 atom stereocenters. The van der Waals surface area contributed by atoms with Crippen molar-refractivity contribution in [3.05, 3.63) is 12.2 Å². The van der Waals surface area contributed by atoms with E-state index in [4.69, 9.17) is 5.73 Å². The maximum atomic E-state index is 11.6. The highest BCUT2D eigenvalue weighted by molar-refractivity contribution is 7.91. The van der Waals surface area contributed by atoms with E-state index in [2.05, 4.69) is 30.1 Å². The van der Waals surface area contributed by atoms with E-state index in [9.17, 15) is 8.42 Å². The highest BCUT2D eigenvalue weighted by Crippen LogP contribution is 2.16. The number of sulfonamides is 1. The fourth-order valence-corrected chi connectivity index (χ4v) is 2.68. The van der Waals surface area contributed by atoms with Gasteiger partial charge in [-0.2, -0.15) is 5.10 Å². The molecular formula is C5H7N7O2S2. The monoisotopic (exact) mass is 261 g/mol. The van der Waals surface area contributed by atoms with E-state index >= 15 is 0 Å². The molecule has 0 bridgehead atoms. The molecule has 2 aromatic heterocycles. The van der Waals surface area contributed by atoms with Crippen LogP contribution < -0.4 is 10.5 Å². The Kier molecular flexibility index (Phi) is 2.80. The Morgan fingerprint density at radius 2 is 2.31 bits per heavy atom. The summed E-state index contributed by atoms with van der Waals surface area (Å²) in [6.45, 7) is 0.00180. The number of hydrogen-bond acceptors (Lipinski definition) is 8. The summed E-state index contributed by atoms with van der Waals surface area (Å²) in [5.41, 5.74) is 5.29. The van der Waals surface area contributed by atoms with E-state index in [0.717, 1.165) is 11.3 Å². The first-order valence-electron chi connectivity index (χ1n) is 4.01. The van der Waals surface area contributed by atoms with Gasteiger partial charge in [-0.05, 0) is 0 Å². The Labute approximate surface area is 94.2 Å². The normalized spacial score (nSPS) is 11.8. The molecule has 0 aliphatic carbocycles. The minimum Gasteiger partial charge on any atom is -0.374 e. The van der Waals surface area contributed by atoms with Crippen LogP contribution in [0.2, 0.25) is 0 Å². The van der Waals surface area contributed by atoms with Crippen molar-refractivity contribution >= 4 is 26.5 Å². The second kappa shape index (κ2) is 4.11. The lowest BCUT2D eigenvalue weighted by Gasteiger charge is -1.99. The second-order valence-electron chi connectivity index (χ2n) is 2.66. The topological polar surface area (TPSA) is 140 Å². The number of aromatic amines is 1. The van der Waals surface area contributed by atoms with Gasteiger partial charge in [0.15, 0.2) is 0 Å². The average Bonchev–Trinajstić information content (AvgIpc) is 2.85. The van der Waals surface area contributed by atoms with Crippen molar-refractivity contribution in [2.24, 2.45) is 0 Å². The molecular weight excluding hydrogens is 254 g/mol. The predicted octanol–water partition coefficient (Wildman–Crippen LogP) is -1.28. The Bertz CT molecular complexity index is 559. The van der Waals surface area contributed by atoms with Gasteiger partial charge in [0.2, 0.25) is 9.47 Å². The zero-order valence-electron chi connectivity index (χ0n) is 7.78. The molecule has 0 saturated heterocycles. The molecule has 0 fully saturated rings. The van der Waals surface area contributed by atoms with Crippen LogP contribution in [0.5, 0.6) is 0 Å². The number of nitrogen functional groups attached to an aromatic ring is 1. The van der Waals surface area contributed by atoms with E-state index in [-0.39, 0.29) is 16.0 Å². The molecule has 0 aliphatic heterocycles. The van der Waals surface area contributed by atoms with Crippen LogP contribution in [0.1, 0.15) is 5.82 Å². The Hall–Kier alpha value is -1.59. The number of H-pyrrole nitrogens is 1. The minimum absolute atomic E-state index is 0.00180. The summed E-state index contributed by atoms with van der Waals surface area (Å²) in [5, 5.41) is 13.1. The fraction of sp³-hybridized carbons (Fsp3) is 0.200. The number of aromatic nitrogens is 5. The Morgan fingerprint density at radius 3 is 2.88 bits per heavy atom. The summed E-state index contributed by atoms with van der Waals surface area (Å²) in [6, 6.07) is 0. The molecule has 9 nitrogen and oxygen atoms in total. The van der Waals surface area contributed by atoms with Gasteiger partial charge in [-0.15, -0.1) is 10.2 Å². The fourth-order valence-electron chi connectivity index (χ4n) is 0.870. The maximum Gasteiger partial charge on any atom is 0.270 e. The molecule has 0 spiro atoms. The average molecular weight is 261 g/mol. The molecule has 0 unspecified atom stereocenters. The van der Waals surface area contributed by atoms with Gasteiger partial charge in [0.1, 0.15) is 12.2 Å². The molecule has 4 N–H and O–H groups in total. The van der Waals surface area contributed by atoms with Crippen molar-refractivity contribution in [3.8, 4) is 0 Å². The van der Waals surface area contributed by atoms with Gasteiger partial charge in [-0.1, -0.05) is 11.3 Å². The van der Waals surface area contributed by atoms with Crippen LogP contribution in [0.3, 0.4) is 0 Å². The third-order valence-corrected chi connectivity index (χ3v) is 4.07. The number of anilines is 1. The molecule has 2 rings (SSSR count). The molecule has 86 valence electrons. The third-order valence-electron chi connectivity index (χ3n) is 1.55. The van der Waals surface area contributed by atoms with Crippen LogP contribution in [-0.2, 0) is 16.6 Å². The maximum absolute atomic E-state index is 11.6. The molecule has 0 aromatic carbocycles. The zero-order valence-corrected chi connectivity index (χ0v) is 9.42. The standard InChI is InChI=1S/C5H7N7O2S2/c6-4-11-12-5(15-4)16(13,14)9-1-3-7-2-8-10-3/h2,9H,1H2,(H2,6,11)(H,7,8,10). The highest BCUT2D eigenvalue weighted by atomic mass is 32.2. The van der Waals surface area contributed by atoms with Gasteiger partial charge in [0.05, 0.1) is 6.54 Å². The van der Waals surface area contributed by atoms with Crippen LogP contribution >= 0.6 is 11.3 Å². The van der Waals surface area contributed by atoms with Crippen LogP contribution in [-0.4, -0.2) is 33.8 Å². The van der Waals surface area contributed by atoms with Crippen LogP contribution in [0, 0.1) is 0 Å². The third kappa shape index (κ3) is 2.32. The number of nitrogens with one attached hydrogen (secondary N) is 2. The van der Waals surface area contributed by atoms with Crippen molar-refractivity contribution in [1.29, 1.82) is 0 Å². The van der Waals surface area contributed by atoms with E-state index < -0.39 is 10.0 Å². The van der Waals surface area contributed by atoms with Crippen molar-refractivity contribution in [3.63, 3.8) is 0 Å². The van der Waals surface area contributed by atoms with Gasteiger partial charge in [0.25, 0.3) is 10.0 Å². The van der Waals surface area contributed by atoms with Crippen molar-refractivity contribution in [2.75, 3.05) is 5.73 Å². The molecule has 2 aromatic rings. The number of nitrogens with two attached hydrogens (primary N) is 1. The molecule has 2 heterocycles. The van der Waals surface area contributed by atoms with E-state index in [1.165, 1.54) is 6.33 Å². The first-order valence-corrected chi connectivity index (χ1v) is 6.31. The summed E-state index contributed by atoms with van der Waals surface area (Å²) in [6.07, 6.45) is 1.28. The largest absolute Gasteiger partial charge is 0.374 e. The highest BCUT2D eigenvalue weighted by Gasteiger charge is 2.19. The lowest BCUT2D eigenvalue weighted by Crippen LogP contribution is -2.23. The van der Waals surface area contributed by atoms with Crippen LogP contribution in [0.4, 0.5) is 5.13 Å². The predicted molar refractivity (Wildman–Crippen MR) is 54.7 cm³/mol. The summed E-state index contributed by atoms with van der Waals surface area (Å²) >= 11 is 0.791. The summed E-state index contributed by atoms with van der Waals surface area (Å²) in [7, 11) is -3.69. The van der Waals surface area contributed by atoms with E-state index in [1.54, 1.807) is 0 Å². The number of nitrogens with zero attached hydrogens (tertiary/aromatic N) is 4. The zero-order chi connectivity index (χ0) is 11.6. The first kappa shape index (κ1) is 10.9. The van der Waals surface area contributed by atoms with Gasteiger partial charge in [-0.3, -0.25) is 5.10 Å². The quantitative estimate of drug-likeness (QED) is 0.622. The number of rotatable bonds is 4. The minimum atomic E-state index is -3.69. The van der Waals surface area contributed by atoms with Crippen molar-refractivity contribution in [2.45, 2.75) is 10.9 Å². The smallest absolute Gasteiger partial charge is 0.270 e. The summed E-state index contributed by atoms with van der Waals surface area (Å²) in [4.78, 5) is 3.77. The van der Waals surface area contributed by atoms with Gasteiger partial charge < -0.3 is 5.73 Å². The lowest BCUT2D eigenvalue weighted by atomic mass is 10.6. The first-order chi connectivity index (χ1) is 7.58. The molecule has 0 saturated carbocycles. The number of hydrogen-bond donors (Lipinski definition) is 3. The summed E-state index contributed by atoms with van der Waals surface area (Å²) < 4.78 is 25.3. The van der Waals surface area contributed by atoms with Crippen molar-refractivity contribution in [1.82, 2.24) is 30.1 Å². The van der Waals surface area contributed by atoms with Crippen molar-refractivity contribution < 1.29 is 8.42 Å². The Morgan fingerprint density at radius 1 is 1.50 bits per heavy atom. The second-order valence-corrected chi connectivity index (χ2v) is 5.61. The lowest BCUT2D eigenvalue weighted by molar-refractivity contribution is 0.577. The van der Waals surface area contributed by atoms with Crippen LogP contribution in [0.25, 0.3) is 0 Å².